The van der Waals surface area contributed by atoms with Gasteiger partial charge >= 0.3 is 6.03 Å². The first-order valence-electron chi connectivity index (χ1n) is 8.23. The number of halogens is 1. The van der Waals surface area contributed by atoms with E-state index < -0.39 is 5.54 Å². The van der Waals surface area contributed by atoms with Gasteiger partial charge in [-0.15, -0.1) is 0 Å². The van der Waals surface area contributed by atoms with E-state index in [1.807, 2.05) is 12.1 Å². The highest BCUT2D eigenvalue weighted by Gasteiger charge is 2.54. The van der Waals surface area contributed by atoms with Crippen LogP contribution < -0.4 is 14.8 Å². The van der Waals surface area contributed by atoms with Crippen molar-refractivity contribution in [1.82, 2.24) is 10.2 Å². The molecule has 1 saturated carbocycles. The maximum atomic E-state index is 13.0. The number of hydrogen-bond donors (Lipinski definition) is 1. The molecule has 24 heavy (non-hydrogen) atoms. The van der Waals surface area contributed by atoms with Crippen LogP contribution in [0.4, 0.5) is 4.79 Å². The number of fused-ring (bicyclic) bond motifs is 1. The second-order valence-corrected chi connectivity index (χ2v) is 7.59. The molecule has 1 N–H and O–H groups in total. The van der Waals surface area contributed by atoms with Crippen molar-refractivity contribution in [2.24, 2.45) is 5.92 Å². The molecule has 1 spiro atoms. The molecular weight excluding hydrogens is 376 g/mol. The molecule has 0 bridgehead atoms. The summed E-state index contributed by atoms with van der Waals surface area (Å²) in [7, 11) is 0. The van der Waals surface area contributed by atoms with Crippen LogP contribution in [0.3, 0.4) is 0 Å². The van der Waals surface area contributed by atoms with Gasteiger partial charge in [-0.05, 0) is 36.5 Å². The van der Waals surface area contributed by atoms with Gasteiger partial charge in [0.15, 0.2) is 11.5 Å². The van der Waals surface area contributed by atoms with E-state index in [9.17, 15) is 9.59 Å². The molecule has 2 aliphatic heterocycles. The first kappa shape index (κ1) is 15.7. The van der Waals surface area contributed by atoms with Crippen molar-refractivity contribution in [2.45, 2.75) is 44.7 Å². The second-order valence-electron chi connectivity index (χ2n) is 6.74. The average Bonchev–Trinajstić information content (AvgIpc) is 3.09. The molecule has 3 amide bonds. The lowest BCUT2D eigenvalue weighted by Gasteiger charge is -2.36. The van der Waals surface area contributed by atoms with Crippen molar-refractivity contribution in [2.75, 3.05) is 6.79 Å². The zero-order valence-electron chi connectivity index (χ0n) is 13.4. The van der Waals surface area contributed by atoms with E-state index in [-0.39, 0.29) is 31.2 Å². The molecule has 6 nitrogen and oxygen atoms in total. The largest absolute Gasteiger partial charge is 0.454 e. The van der Waals surface area contributed by atoms with Crippen LogP contribution in [-0.2, 0) is 11.3 Å². The number of imide groups is 1. The number of amides is 3. The van der Waals surface area contributed by atoms with Gasteiger partial charge in [0, 0.05) is 4.47 Å². The molecule has 128 valence electrons. The first-order valence-corrected chi connectivity index (χ1v) is 9.03. The molecule has 4 rings (SSSR count). The number of carbonyl (C=O) groups excluding carboxylic acids is 2. The topological polar surface area (TPSA) is 67.9 Å². The normalized spacial score (nSPS) is 28.6. The highest BCUT2D eigenvalue weighted by molar-refractivity contribution is 9.10. The number of benzene rings is 1. The number of nitrogens with one attached hydrogen (secondary N) is 1. The summed E-state index contributed by atoms with van der Waals surface area (Å²) in [6.07, 6.45) is 3.77. The lowest BCUT2D eigenvalue weighted by molar-refractivity contribution is -0.134. The number of carbonyl (C=O) groups is 2. The average molecular weight is 395 g/mol. The molecule has 1 aromatic rings. The molecule has 0 radical (unpaired) electrons. The van der Waals surface area contributed by atoms with Crippen LogP contribution in [0.1, 0.15) is 38.2 Å². The summed E-state index contributed by atoms with van der Waals surface area (Å²) in [6.45, 7) is 2.46. The van der Waals surface area contributed by atoms with Crippen molar-refractivity contribution in [3.8, 4) is 11.5 Å². The zero-order valence-corrected chi connectivity index (χ0v) is 15.0. The smallest absolute Gasteiger partial charge is 0.325 e. The summed E-state index contributed by atoms with van der Waals surface area (Å²) in [4.78, 5) is 26.8. The molecule has 1 aromatic carbocycles. The zero-order chi connectivity index (χ0) is 16.9. The standard InChI is InChI=1S/C17H19BrN2O4/c1-10-4-2-3-5-17(10)15(21)20(16(22)19-17)8-11-6-13-14(7-12(11)18)24-9-23-13/h6-7,10H,2-5,8-9H2,1H3,(H,19,22)/t10-,17+/m1/s1. The molecule has 1 aliphatic carbocycles. The summed E-state index contributed by atoms with van der Waals surface area (Å²) in [5.41, 5.74) is 0.0984. The van der Waals surface area contributed by atoms with Crippen LogP contribution >= 0.6 is 15.9 Å². The van der Waals surface area contributed by atoms with Gasteiger partial charge in [0.2, 0.25) is 6.79 Å². The predicted molar refractivity (Wildman–Crippen MR) is 89.7 cm³/mol. The lowest BCUT2D eigenvalue weighted by atomic mass is 9.73. The Hall–Kier alpha value is -1.76. The summed E-state index contributed by atoms with van der Waals surface area (Å²) < 4.78 is 11.5. The minimum atomic E-state index is -0.724. The molecule has 0 unspecified atom stereocenters. The summed E-state index contributed by atoms with van der Waals surface area (Å²) >= 11 is 3.49. The van der Waals surface area contributed by atoms with Crippen LogP contribution in [0.15, 0.2) is 16.6 Å². The van der Waals surface area contributed by atoms with Crippen molar-refractivity contribution in [3.63, 3.8) is 0 Å². The Bertz CT molecular complexity index is 723. The fourth-order valence-corrected chi connectivity index (χ4v) is 4.34. The highest BCUT2D eigenvalue weighted by atomic mass is 79.9. The molecular formula is C17H19BrN2O4. The molecule has 2 heterocycles. The van der Waals surface area contributed by atoms with E-state index in [0.29, 0.717) is 11.5 Å². The van der Waals surface area contributed by atoms with Crippen LogP contribution in [0.2, 0.25) is 0 Å². The highest BCUT2D eigenvalue weighted by Crippen LogP contribution is 2.40. The SMILES string of the molecule is C[C@@H]1CCCC[C@]12NC(=O)N(Cc1cc3c(cc1Br)OCO3)C2=O. The Morgan fingerprint density at radius 1 is 1.29 bits per heavy atom. The Morgan fingerprint density at radius 3 is 2.79 bits per heavy atom. The Balaban J connectivity index is 1.61. The Labute approximate surface area is 148 Å². The Kier molecular flexibility index (Phi) is 3.71. The van der Waals surface area contributed by atoms with Crippen LogP contribution in [0.5, 0.6) is 11.5 Å². The van der Waals surface area contributed by atoms with E-state index in [4.69, 9.17) is 9.47 Å². The van der Waals surface area contributed by atoms with Gasteiger partial charge in [-0.3, -0.25) is 9.69 Å². The van der Waals surface area contributed by atoms with Crippen LogP contribution in [-0.4, -0.2) is 29.2 Å². The lowest BCUT2D eigenvalue weighted by Crippen LogP contribution is -2.53. The maximum Gasteiger partial charge on any atom is 0.325 e. The number of urea groups is 1. The predicted octanol–water partition coefficient (Wildman–Crippen LogP) is 3.18. The fraction of sp³-hybridized carbons (Fsp3) is 0.529. The fourth-order valence-electron chi connectivity index (χ4n) is 3.89. The van der Waals surface area contributed by atoms with Crippen molar-refractivity contribution in [1.29, 1.82) is 0 Å². The van der Waals surface area contributed by atoms with Crippen molar-refractivity contribution < 1.29 is 19.1 Å². The second kappa shape index (κ2) is 5.65. The molecule has 2 atom stereocenters. The van der Waals surface area contributed by atoms with Crippen LogP contribution in [0, 0.1) is 5.92 Å². The number of nitrogens with zero attached hydrogens (tertiary/aromatic N) is 1. The summed E-state index contributed by atoms with van der Waals surface area (Å²) in [6, 6.07) is 3.33. The molecule has 7 heteroatoms. The number of ether oxygens (including phenoxy) is 2. The van der Waals surface area contributed by atoms with Crippen LogP contribution in [0.25, 0.3) is 0 Å². The summed E-state index contributed by atoms with van der Waals surface area (Å²) in [5.74, 6) is 1.36. The van der Waals surface area contributed by atoms with E-state index in [1.165, 1.54) is 4.90 Å². The molecule has 2 fully saturated rings. The Morgan fingerprint density at radius 2 is 2.04 bits per heavy atom. The first-order chi connectivity index (χ1) is 11.5. The number of hydrogen-bond acceptors (Lipinski definition) is 4. The quantitative estimate of drug-likeness (QED) is 0.782. The minimum Gasteiger partial charge on any atom is -0.454 e. The monoisotopic (exact) mass is 394 g/mol. The third-order valence-corrected chi connectivity index (χ3v) is 6.11. The summed E-state index contributed by atoms with van der Waals surface area (Å²) in [5, 5.41) is 2.98. The third kappa shape index (κ3) is 2.29. The molecule has 3 aliphatic rings. The van der Waals surface area contributed by atoms with Gasteiger partial charge < -0.3 is 14.8 Å². The van der Waals surface area contributed by atoms with Gasteiger partial charge in [0.1, 0.15) is 5.54 Å². The maximum absolute atomic E-state index is 13.0. The van der Waals surface area contributed by atoms with Crippen molar-refractivity contribution >= 4 is 27.9 Å². The van der Waals surface area contributed by atoms with Crippen molar-refractivity contribution in [3.05, 3.63) is 22.2 Å². The number of rotatable bonds is 2. The van der Waals surface area contributed by atoms with Gasteiger partial charge in [-0.1, -0.05) is 35.7 Å². The van der Waals surface area contributed by atoms with E-state index in [2.05, 4.69) is 28.2 Å². The van der Waals surface area contributed by atoms with Gasteiger partial charge in [-0.25, -0.2) is 4.79 Å². The van der Waals surface area contributed by atoms with Gasteiger partial charge in [0.25, 0.3) is 5.91 Å². The minimum absolute atomic E-state index is 0.107. The molecule has 1 saturated heterocycles. The van der Waals surface area contributed by atoms with E-state index in [0.717, 1.165) is 35.7 Å². The van der Waals surface area contributed by atoms with Gasteiger partial charge in [0.05, 0.1) is 6.54 Å². The van der Waals surface area contributed by atoms with Gasteiger partial charge in [-0.2, -0.15) is 0 Å². The van der Waals surface area contributed by atoms with E-state index in [1.54, 1.807) is 0 Å². The van der Waals surface area contributed by atoms with E-state index >= 15 is 0 Å². The molecule has 0 aromatic heterocycles. The third-order valence-electron chi connectivity index (χ3n) is 5.37.